The van der Waals surface area contributed by atoms with Crippen LogP contribution in [0.5, 0.6) is 0 Å². The Morgan fingerprint density at radius 3 is 3.13 bits per heavy atom. The average molecular weight is 249 g/mol. The van der Waals surface area contributed by atoms with Gasteiger partial charge in [-0.05, 0) is 30.9 Å². The number of piperidine rings is 1. The van der Waals surface area contributed by atoms with E-state index in [1.165, 1.54) is 6.20 Å². The van der Waals surface area contributed by atoms with Gasteiger partial charge in [-0.2, -0.15) is 0 Å². The number of nitrogens with one attached hydrogen (secondary N) is 2. The van der Waals surface area contributed by atoms with Crippen molar-refractivity contribution in [1.29, 1.82) is 0 Å². The van der Waals surface area contributed by atoms with Crippen molar-refractivity contribution in [3.05, 3.63) is 11.1 Å². The number of carbonyl (C=O) groups excluding carboxylic acids is 1. The van der Waals surface area contributed by atoms with E-state index in [4.69, 9.17) is 0 Å². The van der Waals surface area contributed by atoms with Gasteiger partial charge in [0.1, 0.15) is 4.88 Å². The second kappa shape index (κ2) is 5.99. The number of rotatable bonds is 2. The molecule has 0 aliphatic carbocycles. The van der Waals surface area contributed by atoms with Gasteiger partial charge in [0, 0.05) is 12.6 Å². The molecule has 84 valence electrons. The molecule has 0 aromatic carbocycles. The van der Waals surface area contributed by atoms with E-state index in [0.29, 0.717) is 4.88 Å². The van der Waals surface area contributed by atoms with Gasteiger partial charge < -0.3 is 10.6 Å². The fourth-order valence-corrected chi connectivity index (χ4v) is 1.92. The first-order valence-electron chi connectivity index (χ1n) is 4.65. The molecule has 5 nitrogen and oxygen atoms in total. The van der Waals surface area contributed by atoms with Crippen molar-refractivity contribution in [2.24, 2.45) is 0 Å². The zero-order valence-electron chi connectivity index (χ0n) is 8.10. The number of hydrogen-bond acceptors (Lipinski definition) is 5. The predicted octanol–water partition coefficient (Wildman–Crippen LogP) is 0.442. The predicted molar refractivity (Wildman–Crippen MR) is 60.5 cm³/mol. The number of amides is 1. The lowest BCUT2D eigenvalue weighted by atomic mass is 10.1. The van der Waals surface area contributed by atoms with Crippen LogP contribution < -0.4 is 10.6 Å². The zero-order chi connectivity index (χ0) is 9.80. The number of aromatic nitrogens is 2. The third kappa shape index (κ3) is 3.40. The summed E-state index contributed by atoms with van der Waals surface area (Å²) in [6, 6.07) is 0.248. The first kappa shape index (κ1) is 12.4. The summed E-state index contributed by atoms with van der Waals surface area (Å²) in [6.07, 6.45) is 3.66. The lowest BCUT2D eigenvalue weighted by Gasteiger charge is -2.23. The van der Waals surface area contributed by atoms with Crippen molar-refractivity contribution < 1.29 is 4.79 Å². The third-order valence-corrected chi connectivity index (χ3v) is 2.88. The van der Waals surface area contributed by atoms with E-state index >= 15 is 0 Å². The molecule has 1 fully saturated rings. The second-order valence-electron chi connectivity index (χ2n) is 3.30. The monoisotopic (exact) mass is 248 g/mol. The summed E-state index contributed by atoms with van der Waals surface area (Å²) in [5, 5.41) is 9.82. The van der Waals surface area contributed by atoms with E-state index in [0.717, 1.165) is 37.5 Å². The molecular formula is C8H13ClN4OS. The Kier molecular flexibility index (Phi) is 4.93. The fourth-order valence-electron chi connectivity index (χ4n) is 1.50. The molecule has 1 amide bonds. The van der Waals surface area contributed by atoms with Crippen LogP contribution in [0.25, 0.3) is 0 Å². The van der Waals surface area contributed by atoms with Gasteiger partial charge in [0.05, 0.1) is 6.20 Å². The molecule has 1 atom stereocenters. The van der Waals surface area contributed by atoms with Crippen LogP contribution in [0.2, 0.25) is 0 Å². The molecule has 2 heterocycles. The molecule has 0 radical (unpaired) electrons. The highest BCUT2D eigenvalue weighted by Gasteiger charge is 2.17. The Hall–Kier alpha value is -0.720. The highest BCUT2D eigenvalue weighted by atomic mass is 35.5. The molecule has 1 aromatic rings. The van der Waals surface area contributed by atoms with Gasteiger partial charge in [-0.3, -0.25) is 4.79 Å². The second-order valence-corrected chi connectivity index (χ2v) is 4.08. The highest BCUT2D eigenvalue weighted by Crippen LogP contribution is 2.05. The van der Waals surface area contributed by atoms with Gasteiger partial charge in [-0.15, -0.1) is 17.5 Å². The van der Waals surface area contributed by atoms with Crippen LogP contribution in [0.15, 0.2) is 6.20 Å². The molecule has 0 spiro atoms. The number of halogens is 1. The van der Waals surface area contributed by atoms with Crippen molar-refractivity contribution >= 4 is 29.8 Å². The topological polar surface area (TPSA) is 66.9 Å². The summed E-state index contributed by atoms with van der Waals surface area (Å²) < 4.78 is 3.65. The van der Waals surface area contributed by atoms with Crippen LogP contribution in [0.4, 0.5) is 0 Å². The van der Waals surface area contributed by atoms with Gasteiger partial charge >= 0.3 is 0 Å². The van der Waals surface area contributed by atoms with E-state index in [1.807, 2.05) is 0 Å². The normalized spacial score (nSPS) is 20.4. The Morgan fingerprint density at radius 1 is 1.67 bits per heavy atom. The summed E-state index contributed by atoms with van der Waals surface area (Å²) >= 11 is 1.13. The van der Waals surface area contributed by atoms with Gasteiger partial charge in [0.2, 0.25) is 0 Å². The Balaban J connectivity index is 0.00000112. The summed E-state index contributed by atoms with van der Waals surface area (Å²) in [4.78, 5) is 12.1. The minimum atomic E-state index is -0.0614. The maximum Gasteiger partial charge on any atom is 0.264 e. The third-order valence-electron chi connectivity index (χ3n) is 2.22. The van der Waals surface area contributed by atoms with Crippen LogP contribution in [0, 0.1) is 0 Å². The molecule has 0 unspecified atom stereocenters. The maximum absolute atomic E-state index is 11.6. The summed E-state index contributed by atoms with van der Waals surface area (Å²) in [5.41, 5.74) is 0. The Bertz CT molecular complexity index is 300. The Labute approximate surface area is 98.2 Å². The lowest BCUT2D eigenvalue weighted by Crippen LogP contribution is -2.45. The van der Waals surface area contributed by atoms with E-state index in [9.17, 15) is 4.79 Å². The Morgan fingerprint density at radius 2 is 2.53 bits per heavy atom. The molecule has 1 aromatic heterocycles. The van der Waals surface area contributed by atoms with Crippen LogP contribution in [0.1, 0.15) is 22.5 Å². The molecule has 0 saturated carbocycles. The zero-order valence-corrected chi connectivity index (χ0v) is 9.74. The van der Waals surface area contributed by atoms with Crippen molar-refractivity contribution in [2.75, 3.05) is 13.1 Å². The molecule has 1 saturated heterocycles. The number of hydrogen-bond donors (Lipinski definition) is 2. The summed E-state index contributed by atoms with van der Waals surface area (Å²) in [5.74, 6) is -0.0614. The maximum atomic E-state index is 11.6. The van der Waals surface area contributed by atoms with Crippen LogP contribution >= 0.6 is 23.9 Å². The van der Waals surface area contributed by atoms with Gasteiger partial charge in [-0.25, -0.2) is 0 Å². The minimum Gasteiger partial charge on any atom is -0.347 e. The largest absolute Gasteiger partial charge is 0.347 e. The number of nitrogens with zero attached hydrogens (tertiary/aromatic N) is 2. The van der Waals surface area contributed by atoms with Crippen molar-refractivity contribution in [1.82, 2.24) is 20.2 Å². The molecule has 1 aliphatic rings. The average Bonchev–Trinajstić information content (AvgIpc) is 2.72. The smallest absolute Gasteiger partial charge is 0.264 e. The van der Waals surface area contributed by atoms with E-state index in [1.54, 1.807) is 0 Å². The fraction of sp³-hybridized carbons (Fsp3) is 0.625. The summed E-state index contributed by atoms with van der Waals surface area (Å²) in [7, 11) is 0. The molecule has 0 bridgehead atoms. The van der Waals surface area contributed by atoms with Crippen molar-refractivity contribution in [2.45, 2.75) is 18.9 Å². The van der Waals surface area contributed by atoms with Crippen LogP contribution in [0.3, 0.4) is 0 Å². The molecule has 1 aliphatic heterocycles. The summed E-state index contributed by atoms with van der Waals surface area (Å²) in [6.45, 7) is 1.91. The highest BCUT2D eigenvalue weighted by molar-refractivity contribution is 7.07. The molecule has 15 heavy (non-hydrogen) atoms. The van der Waals surface area contributed by atoms with Crippen LogP contribution in [-0.2, 0) is 0 Å². The van der Waals surface area contributed by atoms with Gasteiger partial charge in [-0.1, -0.05) is 4.49 Å². The first-order chi connectivity index (χ1) is 6.86. The molecule has 7 heteroatoms. The molecular weight excluding hydrogens is 236 g/mol. The van der Waals surface area contributed by atoms with Gasteiger partial charge in [0.25, 0.3) is 5.91 Å². The minimum absolute atomic E-state index is 0. The SMILES string of the molecule is Cl.O=C(N[C@H]1CCCNC1)c1cnns1. The van der Waals surface area contributed by atoms with Crippen LogP contribution in [-0.4, -0.2) is 34.6 Å². The van der Waals surface area contributed by atoms with E-state index in [2.05, 4.69) is 20.2 Å². The van der Waals surface area contributed by atoms with Crippen molar-refractivity contribution in [3.63, 3.8) is 0 Å². The van der Waals surface area contributed by atoms with E-state index < -0.39 is 0 Å². The number of carbonyl (C=O) groups is 1. The van der Waals surface area contributed by atoms with Gasteiger partial charge in [0.15, 0.2) is 0 Å². The molecule has 2 N–H and O–H groups in total. The van der Waals surface area contributed by atoms with Crippen molar-refractivity contribution in [3.8, 4) is 0 Å². The lowest BCUT2D eigenvalue weighted by molar-refractivity contribution is 0.0934. The first-order valence-corrected chi connectivity index (χ1v) is 5.42. The van der Waals surface area contributed by atoms with E-state index in [-0.39, 0.29) is 24.4 Å². The standard InChI is InChI=1S/C8H12N4OS.ClH/c13-8(7-5-10-12-14-7)11-6-2-1-3-9-4-6;/h5-6,9H,1-4H2,(H,11,13);1H/t6-;/m0./s1. The quantitative estimate of drug-likeness (QED) is 0.797. The molecule has 2 rings (SSSR count).